The molecule has 4 nitrogen and oxygen atoms in total. The maximum Gasteiger partial charge on any atom is 0.159 e. The third-order valence-corrected chi connectivity index (χ3v) is 2.80. The Kier molecular flexibility index (Phi) is 3.45. The molecule has 1 aromatic carbocycles. The summed E-state index contributed by atoms with van der Waals surface area (Å²) in [6, 6.07) is 9.85. The fourth-order valence-electron chi connectivity index (χ4n) is 1.81. The zero-order valence-corrected chi connectivity index (χ0v) is 10.5. The largest absolute Gasteiger partial charge is 0.392 e. The van der Waals surface area contributed by atoms with Crippen LogP contribution in [-0.4, -0.2) is 14.7 Å². The Balaban J connectivity index is 2.48. The van der Waals surface area contributed by atoms with Gasteiger partial charge in [0.15, 0.2) is 5.69 Å². The summed E-state index contributed by atoms with van der Waals surface area (Å²) in [6.07, 6.45) is 1.76. The Bertz CT molecular complexity index is 576. The quantitative estimate of drug-likeness (QED) is 0.898. The van der Waals surface area contributed by atoms with Gasteiger partial charge in [-0.2, -0.15) is 5.26 Å². The summed E-state index contributed by atoms with van der Waals surface area (Å²) in [5, 5.41) is 17.9. The summed E-state index contributed by atoms with van der Waals surface area (Å²) < 4.78 is 1.98. The number of nitriles is 1. The van der Waals surface area contributed by atoms with Gasteiger partial charge in [-0.05, 0) is 19.4 Å². The summed E-state index contributed by atoms with van der Waals surface area (Å²) in [5.74, 6) is 0.783. The topological polar surface area (TPSA) is 61.8 Å². The van der Waals surface area contributed by atoms with Gasteiger partial charge in [0.25, 0.3) is 0 Å². The van der Waals surface area contributed by atoms with Crippen molar-refractivity contribution in [3.63, 3.8) is 0 Å². The molecular formula is C14H15N3O. The van der Waals surface area contributed by atoms with Crippen molar-refractivity contribution in [2.24, 2.45) is 0 Å². The number of rotatable bonds is 3. The number of nitrogens with zero attached hydrogens (tertiary/aromatic N) is 3. The number of aromatic nitrogens is 2. The molecule has 0 aliphatic heterocycles. The van der Waals surface area contributed by atoms with Crippen LogP contribution in [0.25, 0.3) is 11.4 Å². The molecule has 0 saturated carbocycles. The normalized spacial score (nSPS) is 10.6. The fourth-order valence-corrected chi connectivity index (χ4v) is 1.81. The van der Waals surface area contributed by atoms with Crippen molar-refractivity contribution in [2.75, 3.05) is 0 Å². The van der Waals surface area contributed by atoms with E-state index in [0.717, 1.165) is 17.0 Å². The lowest BCUT2D eigenvalue weighted by atomic mass is 10.1. The van der Waals surface area contributed by atoms with E-state index in [2.05, 4.69) is 24.9 Å². The lowest BCUT2D eigenvalue weighted by Crippen LogP contribution is -2.01. The summed E-state index contributed by atoms with van der Waals surface area (Å²) in [6.45, 7) is 4.13. The van der Waals surface area contributed by atoms with E-state index < -0.39 is 0 Å². The maximum atomic E-state index is 9.02. The first-order chi connectivity index (χ1) is 8.65. The van der Waals surface area contributed by atoms with Gasteiger partial charge >= 0.3 is 0 Å². The lowest BCUT2D eigenvalue weighted by Gasteiger charge is -2.11. The number of aliphatic hydroxyl groups is 1. The van der Waals surface area contributed by atoms with Crippen LogP contribution >= 0.6 is 0 Å². The van der Waals surface area contributed by atoms with Gasteiger partial charge in [0.05, 0.1) is 6.61 Å². The molecule has 0 spiro atoms. The highest BCUT2D eigenvalue weighted by atomic mass is 16.3. The highest BCUT2D eigenvalue weighted by molar-refractivity contribution is 5.57. The van der Waals surface area contributed by atoms with Crippen LogP contribution in [0.5, 0.6) is 0 Å². The minimum Gasteiger partial charge on any atom is -0.392 e. The number of aliphatic hydroxyl groups excluding tert-OH is 1. The molecule has 0 amide bonds. The van der Waals surface area contributed by atoms with Crippen molar-refractivity contribution in [3.8, 4) is 17.5 Å². The van der Waals surface area contributed by atoms with Crippen LogP contribution in [0.4, 0.5) is 0 Å². The molecule has 0 aliphatic carbocycles. The molecule has 0 unspecified atom stereocenters. The molecule has 2 aromatic rings. The lowest BCUT2D eigenvalue weighted by molar-refractivity contribution is 0.282. The van der Waals surface area contributed by atoms with E-state index in [4.69, 9.17) is 10.4 Å². The molecule has 92 valence electrons. The van der Waals surface area contributed by atoms with Crippen molar-refractivity contribution in [2.45, 2.75) is 26.5 Å². The standard InChI is InChI=1S/C14H15N3O/c1-10(2)17-8-13(7-15)16-14(17)12-5-3-11(9-18)4-6-12/h3-6,8,10,18H,9H2,1-2H3. The molecule has 1 N–H and O–H groups in total. The number of hydrogen-bond donors (Lipinski definition) is 1. The third kappa shape index (κ3) is 2.27. The summed E-state index contributed by atoms with van der Waals surface area (Å²) in [4.78, 5) is 4.32. The molecule has 0 saturated heterocycles. The smallest absolute Gasteiger partial charge is 0.159 e. The van der Waals surface area contributed by atoms with Crippen LogP contribution in [0.2, 0.25) is 0 Å². The number of imidazole rings is 1. The van der Waals surface area contributed by atoms with Gasteiger partial charge in [0.2, 0.25) is 0 Å². The van der Waals surface area contributed by atoms with Gasteiger partial charge in [-0.1, -0.05) is 24.3 Å². The molecule has 1 heterocycles. The SMILES string of the molecule is CC(C)n1cc(C#N)nc1-c1ccc(CO)cc1. The second kappa shape index (κ2) is 5.03. The van der Waals surface area contributed by atoms with Crippen molar-refractivity contribution < 1.29 is 5.11 Å². The van der Waals surface area contributed by atoms with Gasteiger partial charge in [-0.15, -0.1) is 0 Å². The summed E-state index contributed by atoms with van der Waals surface area (Å²) in [7, 11) is 0. The van der Waals surface area contributed by atoms with E-state index in [1.54, 1.807) is 6.20 Å². The Labute approximate surface area is 106 Å². The zero-order chi connectivity index (χ0) is 13.1. The molecule has 18 heavy (non-hydrogen) atoms. The van der Waals surface area contributed by atoms with E-state index >= 15 is 0 Å². The van der Waals surface area contributed by atoms with Gasteiger partial charge < -0.3 is 9.67 Å². The molecule has 0 radical (unpaired) electrons. The van der Waals surface area contributed by atoms with Gasteiger partial charge in [0.1, 0.15) is 11.9 Å². The highest BCUT2D eigenvalue weighted by Gasteiger charge is 2.12. The summed E-state index contributed by atoms with van der Waals surface area (Å²) in [5.41, 5.74) is 2.23. The molecular weight excluding hydrogens is 226 g/mol. The third-order valence-electron chi connectivity index (χ3n) is 2.80. The minimum absolute atomic E-state index is 0.0301. The van der Waals surface area contributed by atoms with Crippen LogP contribution in [0, 0.1) is 11.3 Å². The average molecular weight is 241 g/mol. The highest BCUT2D eigenvalue weighted by Crippen LogP contribution is 2.23. The first-order valence-corrected chi connectivity index (χ1v) is 5.85. The van der Waals surface area contributed by atoms with Crippen molar-refractivity contribution in [1.29, 1.82) is 5.26 Å². The predicted molar refractivity (Wildman–Crippen MR) is 68.7 cm³/mol. The molecule has 0 aliphatic rings. The number of benzene rings is 1. The van der Waals surface area contributed by atoms with Crippen LogP contribution in [0.15, 0.2) is 30.5 Å². The second-order valence-corrected chi connectivity index (χ2v) is 4.42. The van der Waals surface area contributed by atoms with Crippen LogP contribution in [0.1, 0.15) is 31.1 Å². The Hall–Kier alpha value is -2.12. The van der Waals surface area contributed by atoms with Crippen LogP contribution in [-0.2, 0) is 6.61 Å². The minimum atomic E-state index is 0.0301. The predicted octanol–water partition coefficient (Wildman–Crippen LogP) is 2.49. The van der Waals surface area contributed by atoms with E-state index in [-0.39, 0.29) is 12.6 Å². The first-order valence-electron chi connectivity index (χ1n) is 5.85. The number of hydrogen-bond acceptors (Lipinski definition) is 3. The Morgan fingerprint density at radius 3 is 2.50 bits per heavy atom. The van der Waals surface area contributed by atoms with E-state index in [1.807, 2.05) is 28.8 Å². The van der Waals surface area contributed by atoms with Crippen LogP contribution < -0.4 is 0 Å². The average Bonchev–Trinajstić information content (AvgIpc) is 2.83. The van der Waals surface area contributed by atoms with Gasteiger partial charge in [0, 0.05) is 17.8 Å². The fraction of sp³-hybridized carbons (Fsp3) is 0.286. The first kappa shape index (κ1) is 12.3. The van der Waals surface area contributed by atoms with Crippen molar-refractivity contribution >= 4 is 0 Å². The van der Waals surface area contributed by atoms with E-state index in [1.165, 1.54) is 0 Å². The molecule has 4 heteroatoms. The molecule has 1 aromatic heterocycles. The Morgan fingerprint density at radius 1 is 1.33 bits per heavy atom. The van der Waals surface area contributed by atoms with Gasteiger partial charge in [-0.3, -0.25) is 0 Å². The van der Waals surface area contributed by atoms with Crippen molar-refractivity contribution in [1.82, 2.24) is 9.55 Å². The second-order valence-electron chi connectivity index (χ2n) is 4.42. The zero-order valence-electron chi connectivity index (χ0n) is 10.5. The maximum absolute atomic E-state index is 9.02. The van der Waals surface area contributed by atoms with Crippen molar-refractivity contribution in [3.05, 3.63) is 41.7 Å². The van der Waals surface area contributed by atoms with Gasteiger partial charge in [-0.25, -0.2) is 4.98 Å². The molecule has 0 fully saturated rings. The van der Waals surface area contributed by atoms with E-state index in [0.29, 0.717) is 5.69 Å². The molecule has 0 atom stereocenters. The van der Waals surface area contributed by atoms with E-state index in [9.17, 15) is 0 Å². The molecule has 2 rings (SSSR count). The monoisotopic (exact) mass is 241 g/mol. The summed E-state index contributed by atoms with van der Waals surface area (Å²) >= 11 is 0. The Morgan fingerprint density at radius 2 is 2.00 bits per heavy atom. The van der Waals surface area contributed by atoms with Crippen LogP contribution in [0.3, 0.4) is 0 Å². The molecule has 0 bridgehead atoms.